The minimum atomic E-state index is 0.0789. The molecule has 1 amide bonds. The molecule has 0 saturated heterocycles. The van der Waals surface area contributed by atoms with Gasteiger partial charge in [-0.2, -0.15) is 0 Å². The van der Waals surface area contributed by atoms with Crippen LogP contribution in [0.1, 0.15) is 25.7 Å². The average Bonchev–Trinajstić information content (AvgIpc) is 3.00. The zero-order chi connectivity index (χ0) is 15.8. The number of rotatable bonds is 8. The number of hydrogen-bond acceptors (Lipinski definition) is 4. The molecule has 0 aromatic heterocycles. The van der Waals surface area contributed by atoms with Crippen LogP contribution in [-0.2, 0) is 9.53 Å². The summed E-state index contributed by atoms with van der Waals surface area (Å²) in [6.07, 6.45) is 4.75. The lowest BCUT2D eigenvalue weighted by atomic mass is 9.87. The molecule has 1 saturated carbocycles. The molecular formula is C17H25NO3S. The lowest BCUT2D eigenvalue weighted by molar-refractivity contribution is -0.119. The fraction of sp³-hybridized carbons (Fsp3) is 0.588. The van der Waals surface area contributed by atoms with Gasteiger partial charge in [-0.15, -0.1) is 11.8 Å². The highest BCUT2D eigenvalue weighted by molar-refractivity contribution is 8.00. The van der Waals surface area contributed by atoms with Crippen molar-refractivity contribution in [1.82, 2.24) is 5.32 Å². The maximum atomic E-state index is 12.1. The molecule has 0 bridgehead atoms. The Balaban J connectivity index is 1.77. The summed E-state index contributed by atoms with van der Waals surface area (Å²) < 4.78 is 10.5. The first-order valence-electron chi connectivity index (χ1n) is 7.70. The van der Waals surface area contributed by atoms with Crippen molar-refractivity contribution in [2.75, 3.05) is 33.1 Å². The number of methoxy groups -OCH3 is 2. The van der Waals surface area contributed by atoms with Gasteiger partial charge in [0.1, 0.15) is 5.75 Å². The first kappa shape index (κ1) is 17.2. The van der Waals surface area contributed by atoms with Crippen molar-refractivity contribution < 1.29 is 14.3 Å². The van der Waals surface area contributed by atoms with Crippen LogP contribution in [0.3, 0.4) is 0 Å². The summed E-state index contributed by atoms with van der Waals surface area (Å²) >= 11 is 1.53. The largest absolute Gasteiger partial charge is 0.497 e. The van der Waals surface area contributed by atoms with Crippen LogP contribution in [0.5, 0.6) is 5.75 Å². The molecular weight excluding hydrogens is 298 g/mol. The van der Waals surface area contributed by atoms with Crippen molar-refractivity contribution in [3.8, 4) is 5.75 Å². The number of carbonyl (C=O) groups excluding carboxylic acids is 1. The Bertz CT molecular complexity index is 487. The topological polar surface area (TPSA) is 47.6 Å². The van der Waals surface area contributed by atoms with E-state index in [1.165, 1.54) is 24.6 Å². The van der Waals surface area contributed by atoms with Gasteiger partial charge >= 0.3 is 0 Å². The standard InChI is InChI=1S/C17H25NO3S/c1-20-13-17(8-3-4-9-17)12-18-16(19)11-22-15-7-5-6-14(10-15)21-2/h5-7,10H,3-4,8-9,11-13H2,1-2H3,(H,18,19). The van der Waals surface area contributed by atoms with Crippen molar-refractivity contribution in [1.29, 1.82) is 0 Å². The third kappa shape index (κ3) is 4.92. The lowest BCUT2D eigenvalue weighted by Gasteiger charge is -2.28. The fourth-order valence-corrected chi connectivity index (χ4v) is 3.75. The second-order valence-corrected chi connectivity index (χ2v) is 6.93. The normalized spacial score (nSPS) is 16.5. The molecule has 1 N–H and O–H groups in total. The van der Waals surface area contributed by atoms with E-state index in [4.69, 9.17) is 9.47 Å². The van der Waals surface area contributed by atoms with Crippen molar-refractivity contribution in [2.45, 2.75) is 30.6 Å². The highest BCUT2D eigenvalue weighted by Crippen LogP contribution is 2.37. The minimum absolute atomic E-state index is 0.0789. The number of benzene rings is 1. The third-order valence-corrected chi connectivity index (χ3v) is 5.18. The SMILES string of the molecule is COCC1(CNC(=O)CSc2cccc(OC)c2)CCCC1. The van der Waals surface area contributed by atoms with Gasteiger partial charge in [0.2, 0.25) is 5.91 Å². The number of thioether (sulfide) groups is 1. The Morgan fingerprint density at radius 1 is 1.32 bits per heavy atom. The third-order valence-electron chi connectivity index (χ3n) is 4.19. The van der Waals surface area contributed by atoms with Crippen LogP contribution in [-0.4, -0.2) is 39.0 Å². The van der Waals surface area contributed by atoms with Crippen LogP contribution in [0.2, 0.25) is 0 Å². The van der Waals surface area contributed by atoms with Gasteiger partial charge in [0, 0.05) is 24.0 Å². The Kier molecular flexibility index (Phi) is 6.58. The first-order valence-corrected chi connectivity index (χ1v) is 8.68. The number of amides is 1. The average molecular weight is 323 g/mol. The zero-order valence-corrected chi connectivity index (χ0v) is 14.2. The van der Waals surface area contributed by atoms with E-state index < -0.39 is 0 Å². The van der Waals surface area contributed by atoms with Crippen molar-refractivity contribution in [3.63, 3.8) is 0 Å². The molecule has 4 nitrogen and oxygen atoms in total. The predicted molar refractivity (Wildman–Crippen MR) is 89.5 cm³/mol. The van der Waals surface area contributed by atoms with Crippen LogP contribution in [0.4, 0.5) is 0 Å². The molecule has 1 aliphatic rings. The smallest absolute Gasteiger partial charge is 0.230 e. The molecule has 0 aliphatic heterocycles. The van der Waals surface area contributed by atoms with Crippen molar-refractivity contribution in [3.05, 3.63) is 24.3 Å². The first-order chi connectivity index (χ1) is 10.7. The van der Waals surface area contributed by atoms with E-state index in [0.29, 0.717) is 5.75 Å². The number of ether oxygens (including phenoxy) is 2. The highest BCUT2D eigenvalue weighted by Gasteiger charge is 2.34. The van der Waals surface area contributed by atoms with E-state index in [1.54, 1.807) is 14.2 Å². The summed E-state index contributed by atoms with van der Waals surface area (Å²) in [6, 6.07) is 7.77. The Labute approximate surface area is 137 Å². The van der Waals surface area contributed by atoms with Gasteiger partial charge in [0.15, 0.2) is 0 Å². The van der Waals surface area contributed by atoms with E-state index >= 15 is 0 Å². The van der Waals surface area contributed by atoms with Crippen molar-refractivity contribution >= 4 is 17.7 Å². The van der Waals surface area contributed by atoms with Gasteiger partial charge in [-0.3, -0.25) is 4.79 Å². The van der Waals surface area contributed by atoms with Gasteiger partial charge in [-0.25, -0.2) is 0 Å². The number of nitrogens with one attached hydrogen (secondary N) is 1. The van der Waals surface area contributed by atoms with Crippen LogP contribution in [0, 0.1) is 5.41 Å². The van der Waals surface area contributed by atoms with Gasteiger partial charge in [-0.1, -0.05) is 18.9 Å². The van der Waals surface area contributed by atoms with Crippen LogP contribution < -0.4 is 10.1 Å². The van der Waals surface area contributed by atoms with Gasteiger partial charge in [0.05, 0.1) is 19.5 Å². The Morgan fingerprint density at radius 3 is 2.77 bits per heavy atom. The molecule has 5 heteroatoms. The summed E-state index contributed by atoms with van der Waals surface area (Å²) in [6.45, 7) is 1.45. The number of hydrogen-bond donors (Lipinski definition) is 1. The molecule has 0 atom stereocenters. The van der Waals surface area contributed by atoms with Gasteiger partial charge in [0.25, 0.3) is 0 Å². The van der Waals surface area contributed by atoms with Gasteiger partial charge < -0.3 is 14.8 Å². The molecule has 0 spiro atoms. The second-order valence-electron chi connectivity index (χ2n) is 5.88. The van der Waals surface area contributed by atoms with Crippen LogP contribution in [0.15, 0.2) is 29.2 Å². The molecule has 0 unspecified atom stereocenters. The minimum Gasteiger partial charge on any atom is -0.497 e. The van der Waals surface area contributed by atoms with E-state index in [0.717, 1.165) is 36.6 Å². The molecule has 122 valence electrons. The maximum absolute atomic E-state index is 12.1. The Morgan fingerprint density at radius 2 is 2.09 bits per heavy atom. The van der Waals surface area contributed by atoms with E-state index in [9.17, 15) is 4.79 Å². The Hall–Kier alpha value is -1.20. The van der Waals surface area contributed by atoms with E-state index in [-0.39, 0.29) is 11.3 Å². The van der Waals surface area contributed by atoms with Crippen LogP contribution in [0.25, 0.3) is 0 Å². The lowest BCUT2D eigenvalue weighted by Crippen LogP contribution is -2.39. The highest BCUT2D eigenvalue weighted by atomic mass is 32.2. The maximum Gasteiger partial charge on any atom is 0.230 e. The van der Waals surface area contributed by atoms with Crippen molar-refractivity contribution in [2.24, 2.45) is 5.41 Å². The number of carbonyl (C=O) groups is 1. The predicted octanol–water partition coefficient (Wildman–Crippen LogP) is 3.11. The molecule has 1 aromatic rings. The zero-order valence-electron chi connectivity index (χ0n) is 13.4. The molecule has 1 aromatic carbocycles. The summed E-state index contributed by atoms with van der Waals surface area (Å²) in [5, 5.41) is 3.08. The molecule has 22 heavy (non-hydrogen) atoms. The summed E-state index contributed by atoms with van der Waals surface area (Å²) in [5.41, 5.74) is 0.144. The second kappa shape index (κ2) is 8.44. The molecule has 0 heterocycles. The van der Waals surface area contributed by atoms with E-state index in [1.807, 2.05) is 24.3 Å². The van der Waals surface area contributed by atoms with Gasteiger partial charge in [-0.05, 0) is 31.0 Å². The quantitative estimate of drug-likeness (QED) is 0.747. The molecule has 2 rings (SSSR count). The fourth-order valence-electron chi connectivity index (χ4n) is 2.98. The summed E-state index contributed by atoms with van der Waals surface area (Å²) in [7, 11) is 3.38. The molecule has 1 fully saturated rings. The van der Waals surface area contributed by atoms with E-state index in [2.05, 4.69) is 5.32 Å². The monoisotopic (exact) mass is 323 g/mol. The molecule has 1 aliphatic carbocycles. The summed E-state index contributed by atoms with van der Waals surface area (Å²) in [5.74, 6) is 1.32. The molecule has 0 radical (unpaired) electrons. The summed E-state index contributed by atoms with van der Waals surface area (Å²) in [4.78, 5) is 13.1. The van der Waals surface area contributed by atoms with Crippen LogP contribution >= 0.6 is 11.8 Å².